The van der Waals surface area contributed by atoms with Gasteiger partial charge in [-0.05, 0) is 32.8 Å². The molecule has 0 fully saturated rings. The Labute approximate surface area is 72.7 Å². The average molecular weight is 172 g/mol. The molecule has 0 aromatic rings. The highest BCUT2D eigenvalue weighted by molar-refractivity contribution is 5.87. The summed E-state index contributed by atoms with van der Waals surface area (Å²) in [4.78, 5) is 10.4. The van der Waals surface area contributed by atoms with Gasteiger partial charge in [-0.3, -0.25) is 4.79 Å². The normalized spacial score (nSPS) is 16.3. The fraction of sp³-hybridized carbons (Fsp3) is 0.667. The maximum atomic E-state index is 10.4. The van der Waals surface area contributed by atoms with Crippen LogP contribution in [0.2, 0.25) is 0 Å². The van der Waals surface area contributed by atoms with E-state index in [1.165, 1.54) is 19.1 Å². The first-order chi connectivity index (χ1) is 5.52. The Bertz CT molecular complexity index is 161. The topological polar surface area (TPSA) is 57.5 Å². The number of carbonyl (C=O) groups excluding carboxylic acids is 1. The van der Waals surface area contributed by atoms with Gasteiger partial charge in [-0.15, -0.1) is 0 Å². The number of aliphatic hydroxyl groups is 2. The summed E-state index contributed by atoms with van der Waals surface area (Å²) in [6, 6.07) is 0. The lowest BCUT2D eigenvalue weighted by atomic mass is 10.1. The molecule has 0 aliphatic heterocycles. The van der Waals surface area contributed by atoms with Crippen molar-refractivity contribution in [1.29, 1.82) is 0 Å². The molecule has 0 amide bonds. The molecule has 0 unspecified atom stereocenters. The van der Waals surface area contributed by atoms with Crippen LogP contribution >= 0.6 is 0 Å². The van der Waals surface area contributed by atoms with Crippen LogP contribution in [-0.4, -0.2) is 28.2 Å². The molecule has 3 nitrogen and oxygen atoms in total. The summed E-state index contributed by atoms with van der Waals surface area (Å²) in [7, 11) is 0. The SMILES string of the molecule is CC(=O)/C=C\[C@H](O)CC[C@@H](C)O. The van der Waals surface area contributed by atoms with E-state index in [2.05, 4.69) is 0 Å². The van der Waals surface area contributed by atoms with Crippen LogP contribution < -0.4 is 0 Å². The summed E-state index contributed by atoms with van der Waals surface area (Å²) in [5, 5.41) is 18.1. The van der Waals surface area contributed by atoms with Gasteiger partial charge in [0.05, 0.1) is 12.2 Å². The molecule has 0 bridgehead atoms. The molecule has 70 valence electrons. The van der Waals surface area contributed by atoms with Crippen molar-refractivity contribution >= 4 is 5.78 Å². The smallest absolute Gasteiger partial charge is 0.152 e. The van der Waals surface area contributed by atoms with Crippen LogP contribution in [-0.2, 0) is 4.79 Å². The number of ketones is 1. The van der Waals surface area contributed by atoms with Gasteiger partial charge in [0.2, 0.25) is 0 Å². The maximum absolute atomic E-state index is 10.4. The van der Waals surface area contributed by atoms with E-state index in [4.69, 9.17) is 5.11 Å². The number of aliphatic hydroxyl groups excluding tert-OH is 2. The Morgan fingerprint density at radius 1 is 1.42 bits per heavy atom. The maximum Gasteiger partial charge on any atom is 0.152 e. The quantitative estimate of drug-likeness (QED) is 0.599. The number of allylic oxidation sites excluding steroid dienone is 1. The van der Waals surface area contributed by atoms with Crippen molar-refractivity contribution in [1.82, 2.24) is 0 Å². The van der Waals surface area contributed by atoms with E-state index >= 15 is 0 Å². The van der Waals surface area contributed by atoms with Crippen LogP contribution in [0.3, 0.4) is 0 Å². The molecule has 0 aliphatic carbocycles. The average Bonchev–Trinajstić information content (AvgIpc) is 1.96. The zero-order valence-corrected chi connectivity index (χ0v) is 7.53. The molecule has 0 aromatic heterocycles. The Balaban J connectivity index is 3.59. The van der Waals surface area contributed by atoms with Crippen molar-refractivity contribution < 1.29 is 15.0 Å². The first kappa shape index (κ1) is 11.3. The van der Waals surface area contributed by atoms with Crippen LogP contribution in [0, 0.1) is 0 Å². The Morgan fingerprint density at radius 2 is 2.00 bits per heavy atom. The molecule has 0 aromatic carbocycles. The summed E-state index contributed by atoms with van der Waals surface area (Å²) < 4.78 is 0. The van der Waals surface area contributed by atoms with Crippen LogP contribution in [0.4, 0.5) is 0 Å². The van der Waals surface area contributed by atoms with Gasteiger partial charge in [-0.1, -0.05) is 6.08 Å². The summed E-state index contributed by atoms with van der Waals surface area (Å²) in [6.45, 7) is 3.10. The van der Waals surface area contributed by atoms with Crippen LogP contribution in [0.5, 0.6) is 0 Å². The lowest BCUT2D eigenvalue weighted by molar-refractivity contribution is -0.112. The van der Waals surface area contributed by atoms with E-state index in [1.807, 2.05) is 0 Å². The van der Waals surface area contributed by atoms with Gasteiger partial charge < -0.3 is 10.2 Å². The molecule has 0 saturated heterocycles. The molecule has 12 heavy (non-hydrogen) atoms. The largest absolute Gasteiger partial charge is 0.393 e. The van der Waals surface area contributed by atoms with E-state index < -0.39 is 12.2 Å². The molecule has 3 heteroatoms. The molecule has 2 N–H and O–H groups in total. The lowest BCUT2D eigenvalue weighted by Crippen LogP contribution is -2.08. The van der Waals surface area contributed by atoms with Crippen molar-refractivity contribution in [2.45, 2.75) is 38.9 Å². The zero-order chi connectivity index (χ0) is 9.56. The molecular formula is C9H16O3. The predicted octanol–water partition coefficient (Wildman–Crippen LogP) is 0.653. The van der Waals surface area contributed by atoms with E-state index in [0.717, 1.165) is 0 Å². The van der Waals surface area contributed by atoms with Crippen molar-refractivity contribution in [3.8, 4) is 0 Å². The van der Waals surface area contributed by atoms with Crippen LogP contribution in [0.15, 0.2) is 12.2 Å². The second kappa shape index (κ2) is 5.91. The third kappa shape index (κ3) is 7.44. The van der Waals surface area contributed by atoms with Gasteiger partial charge in [0.25, 0.3) is 0 Å². The molecule has 0 saturated carbocycles. The first-order valence-electron chi connectivity index (χ1n) is 4.07. The standard InChI is InChI=1S/C9H16O3/c1-7(10)3-5-9(12)6-4-8(2)11/h3,5,8-9,11-12H,4,6H2,1-2H3/b5-3-/t8-,9+/m1/s1. The molecule has 0 rings (SSSR count). The van der Waals surface area contributed by atoms with Gasteiger partial charge in [-0.25, -0.2) is 0 Å². The minimum atomic E-state index is -0.622. The minimum Gasteiger partial charge on any atom is -0.393 e. The van der Waals surface area contributed by atoms with E-state index in [-0.39, 0.29) is 5.78 Å². The zero-order valence-electron chi connectivity index (χ0n) is 7.53. The van der Waals surface area contributed by atoms with Crippen molar-refractivity contribution in [3.05, 3.63) is 12.2 Å². The highest BCUT2D eigenvalue weighted by Gasteiger charge is 2.01. The van der Waals surface area contributed by atoms with Crippen molar-refractivity contribution in [3.63, 3.8) is 0 Å². The Kier molecular flexibility index (Phi) is 5.58. The molecule has 2 atom stereocenters. The molecule has 0 spiro atoms. The summed E-state index contributed by atoms with van der Waals surface area (Å²) in [6.07, 6.45) is 2.80. The Hall–Kier alpha value is -0.670. The van der Waals surface area contributed by atoms with Crippen molar-refractivity contribution in [2.24, 2.45) is 0 Å². The van der Waals surface area contributed by atoms with Gasteiger partial charge >= 0.3 is 0 Å². The summed E-state index contributed by atoms with van der Waals surface area (Å²) >= 11 is 0. The summed E-state index contributed by atoms with van der Waals surface area (Å²) in [5.41, 5.74) is 0. The lowest BCUT2D eigenvalue weighted by Gasteiger charge is -2.06. The van der Waals surface area contributed by atoms with E-state index in [0.29, 0.717) is 12.8 Å². The minimum absolute atomic E-state index is 0.0777. The van der Waals surface area contributed by atoms with Gasteiger partial charge in [0, 0.05) is 0 Å². The molecule has 0 heterocycles. The third-order valence-electron chi connectivity index (χ3n) is 1.43. The van der Waals surface area contributed by atoms with Crippen molar-refractivity contribution in [2.75, 3.05) is 0 Å². The predicted molar refractivity (Wildman–Crippen MR) is 46.7 cm³/mol. The number of rotatable bonds is 5. The van der Waals surface area contributed by atoms with Gasteiger partial charge in [0.1, 0.15) is 0 Å². The highest BCUT2D eigenvalue weighted by Crippen LogP contribution is 2.02. The summed E-state index contributed by atoms with van der Waals surface area (Å²) in [5.74, 6) is -0.0777. The second-order valence-corrected chi connectivity index (χ2v) is 2.96. The highest BCUT2D eigenvalue weighted by atomic mass is 16.3. The molecule has 0 aliphatic rings. The number of hydrogen-bond donors (Lipinski definition) is 2. The first-order valence-corrected chi connectivity index (χ1v) is 4.07. The molecule has 0 radical (unpaired) electrons. The van der Waals surface area contributed by atoms with E-state index in [1.54, 1.807) is 6.92 Å². The fourth-order valence-corrected chi connectivity index (χ4v) is 0.755. The Morgan fingerprint density at radius 3 is 2.42 bits per heavy atom. The van der Waals surface area contributed by atoms with E-state index in [9.17, 15) is 9.90 Å². The van der Waals surface area contributed by atoms with Gasteiger partial charge in [-0.2, -0.15) is 0 Å². The van der Waals surface area contributed by atoms with Crippen LogP contribution in [0.25, 0.3) is 0 Å². The van der Waals surface area contributed by atoms with Crippen LogP contribution in [0.1, 0.15) is 26.7 Å². The number of hydrogen-bond acceptors (Lipinski definition) is 3. The fourth-order valence-electron chi connectivity index (χ4n) is 0.755. The monoisotopic (exact) mass is 172 g/mol. The third-order valence-corrected chi connectivity index (χ3v) is 1.43. The second-order valence-electron chi connectivity index (χ2n) is 2.96. The molecular weight excluding hydrogens is 156 g/mol. The number of carbonyl (C=O) groups is 1. The van der Waals surface area contributed by atoms with Gasteiger partial charge in [0.15, 0.2) is 5.78 Å².